The highest BCUT2D eigenvalue weighted by atomic mass is 16.1. The molecule has 0 amide bonds. The van der Waals surface area contributed by atoms with Crippen molar-refractivity contribution in [2.24, 2.45) is 5.92 Å². The molecule has 1 fully saturated rings. The number of hydrogen-bond donors (Lipinski definition) is 1. The van der Waals surface area contributed by atoms with Crippen molar-refractivity contribution in [3.63, 3.8) is 0 Å². The molecule has 2 atom stereocenters. The van der Waals surface area contributed by atoms with E-state index >= 15 is 0 Å². The van der Waals surface area contributed by atoms with Gasteiger partial charge in [-0.05, 0) is 44.8 Å². The van der Waals surface area contributed by atoms with E-state index in [0.717, 1.165) is 38.6 Å². The van der Waals surface area contributed by atoms with E-state index in [1.165, 1.54) is 12.8 Å². The highest BCUT2D eigenvalue weighted by molar-refractivity contribution is 4.93. The molecule has 20 heavy (non-hydrogen) atoms. The van der Waals surface area contributed by atoms with Gasteiger partial charge in [0.05, 0.1) is 0 Å². The zero-order valence-electron chi connectivity index (χ0n) is 12.7. The number of likely N-dealkylation sites (tertiary alicyclic amines) is 1. The monoisotopic (exact) mass is 277 g/mol. The van der Waals surface area contributed by atoms with E-state index in [-0.39, 0.29) is 5.56 Å². The van der Waals surface area contributed by atoms with E-state index in [0.29, 0.717) is 6.04 Å². The Balaban J connectivity index is 1.84. The van der Waals surface area contributed by atoms with E-state index in [1.54, 1.807) is 16.7 Å². The van der Waals surface area contributed by atoms with Gasteiger partial charge in [0, 0.05) is 37.9 Å². The second kappa shape index (κ2) is 7.60. The summed E-state index contributed by atoms with van der Waals surface area (Å²) in [6.45, 7) is 9.57. The van der Waals surface area contributed by atoms with E-state index in [9.17, 15) is 4.79 Å². The zero-order chi connectivity index (χ0) is 14.4. The quantitative estimate of drug-likeness (QED) is 0.857. The Morgan fingerprint density at radius 3 is 3.00 bits per heavy atom. The summed E-state index contributed by atoms with van der Waals surface area (Å²) in [5, 5.41) is 3.54. The fourth-order valence-corrected chi connectivity index (χ4v) is 3.09. The molecule has 1 aromatic heterocycles. The molecule has 0 saturated carbocycles. The van der Waals surface area contributed by atoms with Crippen LogP contribution in [0.3, 0.4) is 0 Å². The van der Waals surface area contributed by atoms with Gasteiger partial charge in [0.1, 0.15) is 0 Å². The van der Waals surface area contributed by atoms with Gasteiger partial charge < -0.3 is 14.8 Å². The average molecular weight is 277 g/mol. The fraction of sp³-hybridized carbons (Fsp3) is 0.688. The minimum Gasteiger partial charge on any atom is -0.314 e. The Morgan fingerprint density at radius 1 is 1.40 bits per heavy atom. The maximum atomic E-state index is 11.7. The number of pyridine rings is 1. The summed E-state index contributed by atoms with van der Waals surface area (Å²) < 4.78 is 1.80. The molecule has 0 aromatic carbocycles. The van der Waals surface area contributed by atoms with Gasteiger partial charge >= 0.3 is 0 Å². The van der Waals surface area contributed by atoms with Gasteiger partial charge in [-0.15, -0.1) is 0 Å². The highest BCUT2D eigenvalue weighted by Crippen LogP contribution is 2.19. The van der Waals surface area contributed by atoms with Gasteiger partial charge in [0.15, 0.2) is 0 Å². The molecule has 0 aliphatic carbocycles. The summed E-state index contributed by atoms with van der Waals surface area (Å²) in [5.41, 5.74) is 0.0991. The van der Waals surface area contributed by atoms with Crippen LogP contribution in [0.5, 0.6) is 0 Å². The van der Waals surface area contributed by atoms with Crippen molar-refractivity contribution in [1.29, 1.82) is 0 Å². The SMILES string of the molecule is CCNC(C)C1CCCN(CCn2ccccc2=O)C1. The lowest BCUT2D eigenvalue weighted by Crippen LogP contribution is -2.45. The second-order valence-electron chi connectivity index (χ2n) is 5.78. The number of nitrogens with zero attached hydrogens (tertiary/aromatic N) is 2. The minimum atomic E-state index is 0.0991. The predicted molar refractivity (Wildman–Crippen MR) is 83.0 cm³/mol. The Kier molecular flexibility index (Phi) is 5.80. The molecule has 0 spiro atoms. The summed E-state index contributed by atoms with van der Waals surface area (Å²) in [6.07, 6.45) is 4.46. The van der Waals surface area contributed by atoms with Gasteiger partial charge in [0.2, 0.25) is 0 Å². The van der Waals surface area contributed by atoms with Crippen LogP contribution in [0.4, 0.5) is 0 Å². The lowest BCUT2D eigenvalue weighted by molar-refractivity contribution is 0.147. The molecule has 1 aromatic rings. The Morgan fingerprint density at radius 2 is 2.25 bits per heavy atom. The third-order valence-corrected chi connectivity index (χ3v) is 4.33. The van der Waals surface area contributed by atoms with Crippen LogP contribution in [-0.4, -0.2) is 41.7 Å². The lowest BCUT2D eigenvalue weighted by Gasteiger charge is -2.36. The number of nitrogens with one attached hydrogen (secondary N) is 1. The molecule has 2 unspecified atom stereocenters. The van der Waals surface area contributed by atoms with E-state index in [2.05, 4.69) is 24.1 Å². The third-order valence-electron chi connectivity index (χ3n) is 4.33. The average Bonchev–Trinajstić information content (AvgIpc) is 2.47. The van der Waals surface area contributed by atoms with Gasteiger partial charge in [-0.3, -0.25) is 4.79 Å². The molecule has 112 valence electrons. The van der Waals surface area contributed by atoms with E-state index in [4.69, 9.17) is 0 Å². The van der Waals surface area contributed by atoms with Crippen molar-refractivity contribution >= 4 is 0 Å². The standard InChI is InChI=1S/C16H27N3O/c1-3-17-14(2)15-7-6-9-18(13-15)11-12-19-10-5-4-8-16(19)20/h4-5,8,10,14-15,17H,3,6-7,9,11-13H2,1-2H3. The Labute approximate surface area is 121 Å². The van der Waals surface area contributed by atoms with Crippen LogP contribution in [-0.2, 0) is 6.54 Å². The first-order valence-corrected chi connectivity index (χ1v) is 7.82. The summed E-state index contributed by atoms with van der Waals surface area (Å²) in [7, 11) is 0. The summed E-state index contributed by atoms with van der Waals surface area (Å²) >= 11 is 0. The molecule has 0 radical (unpaired) electrons. The maximum absolute atomic E-state index is 11.7. The normalized spacial score (nSPS) is 21.8. The molecule has 2 heterocycles. The molecule has 1 saturated heterocycles. The Hall–Kier alpha value is -1.13. The van der Waals surface area contributed by atoms with Crippen LogP contribution in [0.15, 0.2) is 29.2 Å². The van der Waals surface area contributed by atoms with Crippen molar-refractivity contribution in [2.75, 3.05) is 26.2 Å². The van der Waals surface area contributed by atoms with E-state index < -0.39 is 0 Å². The van der Waals surface area contributed by atoms with Crippen LogP contribution in [0.25, 0.3) is 0 Å². The molecule has 1 aliphatic heterocycles. The topological polar surface area (TPSA) is 37.3 Å². The number of piperidine rings is 1. The second-order valence-corrected chi connectivity index (χ2v) is 5.78. The van der Waals surface area contributed by atoms with Crippen molar-refractivity contribution < 1.29 is 0 Å². The van der Waals surface area contributed by atoms with Gasteiger partial charge in [-0.25, -0.2) is 0 Å². The summed E-state index contributed by atoms with van der Waals surface area (Å²) in [6, 6.07) is 5.94. The third kappa shape index (κ3) is 4.18. The highest BCUT2D eigenvalue weighted by Gasteiger charge is 2.23. The van der Waals surface area contributed by atoms with Gasteiger partial charge in [0.25, 0.3) is 5.56 Å². The lowest BCUT2D eigenvalue weighted by atomic mass is 9.91. The van der Waals surface area contributed by atoms with Gasteiger partial charge in [-0.1, -0.05) is 13.0 Å². The molecular formula is C16H27N3O. The summed E-state index contributed by atoms with van der Waals surface area (Å²) in [5.74, 6) is 0.733. The molecule has 4 nitrogen and oxygen atoms in total. The zero-order valence-corrected chi connectivity index (χ0v) is 12.7. The van der Waals surface area contributed by atoms with Crippen LogP contribution >= 0.6 is 0 Å². The Bertz CT molecular complexity index is 457. The molecule has 1 N–H and O–H groups in total. The largest absolute Gasteiger partial charge is 0.314 e. The number of hydrogen-bond acceptors (Lipinski definition) is 3. The van der Waals surface area contributed by atoms with Crippen LogP contribution < -0.4 is 10.9 Å². The van der Waals surface area contributed by atoms with Crippen molar-refractivity contribution in [3.05, 3.63) is 34.7 Å². The number of rotatable bonds is 6. The van der Waals surface area contributed by atoms with Crippen molar-refractivity contribution in [3.8, 4) is 0 Å². The number of aromatic nitrogens is 1. The first kappa shape index (κ1) is 15.3. The van der Waals surface area contributed by atoms with Crippen LogP contribution in [0.2, 0.25) is 0 Å². The van der Waals surface area contributed by atoms with E-state index in [1.807, 2.05) is 12.3 Å². The van der Waals surface area contributed by atoms with Crippen LogP contribution in [0, 0.1) is 5.92 Å². The summed E-state index contributed by atoms with van der Waals surface area (Å²) in [4.78, 5) is 14.2. The molecule has 2 rings (SSSR count). The van der Waals surface area contributed by atoms with Crippen molar-refractivity contribution in [2.45, 2.75) is 39.3 Å². The fourth-order valence-electron chi connectivity index (χ4n) is 3.09. The molecule has 0 bridgehead atoms. The maximum Gasteiger partial charge on any atom is 0.250 e. The smallest absolute Gasteiger partial charge is 0.250 e. The molecular weight excluding hydrogens is 250 g/mol. The predicted octanol–water partition coefficient (Wildman–Crippen LogP) is 1.56. The van der Waals surface area contributed by atoms with Gasteiger partial charge in [-0.2, -0.15) is 0 Å². The van der Waals surface area contributed by atoms with Crippen LogP contribution in [0.1, 0.15) is 26.7 Å². The van der Waals surface area contributed by atoms with Crippen molar-refractivity contribution in [1.82, 2.24) is 14.8 Å². The minimum absolute atomic E-state index is 0.0991. The molecule has 1 aliphatic rings. The first-order chi connectivity index (χ1) is 9.70. The molecule has 4 heteroatoms. The first-order valence-electron chi connectivity index (χ1n) is 7.82.